The van der Waals surface area contributed by atoms with Crippen LogP contribution in [0.5, 0.6) is 0 Å². The van der Waals surface area contributed by atoms with Crippen LogP contribution in [0.4, 0.5) is 9.59 Å². The van der Waals surface area contributed by atoms with Crippen LogP contribution >= 0.6 is 0 Å². The molecule has 2 amide bonds. The molecule has 2 aliphatic rings. The van der Waals surface area contributed by atoms with Gasteiger partial charge in [-0.25, -0.2) is 9.59 Å². The maximum Gasteiger partial charge on any atom is 0.410 e. The van der Waals surface area contributed by atoms with Crippen molar-refractivity contribution in [2.24, 2.45) is 11.8 Å². The number of hydrogen-bond donors (Lipinski definition) is 1. The summed E-state index contributed by atoms with van der Waals surface area (Å²) in [6.45, 7) is 16.5. The molecule has 0 radical (unpaired) electrons. The Bertz CT molecular complexity index is 489. The highest BCUT2D eigenvalue weighted by Crippen LogP contribution is 2.21. The zero-order valence-corrected chi connectivity index (χ0v) is 19.3. The molecule has 2 heterocycles. The van der Waals surface area contributed by atoms with E-state index in [-0.39, 0.29) is 12.2 Å². The van der Waals surface area contributed by atoms with Crippen LogP contribution in [0, 0.1) is 11.8 Å². The van der Waals surface area contributed by atoms with Crippen molar-refractivity contribution < 1.29 is 19.1 Å². The minimum Gasteiger partial charge on any atom is -0.444 e. The van der Waals surface area contributed by atoms with Gasteiger partial charge in [0.05, 0.1) is 0 Å². The topological polar surface area (TPSA) is 71.1 Å². The quantitative estimate of drug-likeness (QED) is 0.760. The Kier molecular flexibility index (Phi) is 8.20. The van der Waals surface area contributed by atoms with Crippen LogP contribution in [0.25, 0.3) is 0 Å². The number of nitrogens with zero attached hydrogens (tertiary/aromatic N) is 2. The Morgan fingerprint density at radius 3 is 1.31 bits per heavy atom. The molecule has 0 aromatic carbocycles. The van der Waals surface area contributed by atoms with Gasteiger partial charge in [-0.15, -0.1) is 0 Å². The maximum atomic E-state index is 12.1. The second kappa shape index (κ2) is 10.0. The van der Waals surface area contributed by atoms with E-state index in [0.717, 1.165) is 65.0 Å². The molecule has 7 heteroatoms. The fraction of sp³-hybridized carbons (Fsp3) is 0.909. The van der Waals surface area contributed by atoms with E-state index in [0.29, 0.717) is 11.8 Å². The summed E-state index contributed by atoms with van der Waals surface area (Å²) in [6, 6.07) is 0. The minimum absolute atomic E-state index is 0.194. The lowest BCUT2D eigenvalue weighted by Gasteiger charge is -2.35. The van der Waals surface area contributed by atoms with Gasteiger partial charge in [0.2, 0.25) is 0 Å². The molecule has 1 N–H and O–H groups in total. The number of likely N-dealkylation sites (tertiary alicyclic amines) is 2. The first-order chi connectivity index (χ1) is 13.4. The van der Waals surface area contributed by atoms with E-state index in [4.69, 9.17) is 9.47 Å². The van der Waals surface area contributed by atoms with E-state index in [1.165, 1.54) is 0 Å². The fourth-order valence-corrected chi connectivity index (χ4v) is 3.78. The van der Waals surface area contributed by atoms with E-state index >= 15 is 0 Å². The second-order valence-corrected chi connectivity index (χ2v) is 10.5. The third kappa shape index (κ3) is 8.81. The summed E-state index contributed by atoms with van der Waals surface area (Å²) in [4.78, 5) is 27.9. The predicted octanol–water partition coefficient (Wildman–Crippen LogP) is 3.87. The Morgan fingerprint density at radius 1 is 0.724 bits per heavy atom. The van der Waals surface area contributed by atoms with Crippen molar-refractivity contribution in [1.29, 1.82) is 0 Å². The predicted molar refractivity (Wildman–Crippen MR) is 114 cm³/mol. The summed E-state index contributed by atoms with van der Waals surface area (Å²) < 4.78 is 10.9. The van der Waals surface area contributed by atoms with E-state index in [9.17, 15) is 9.59 Å². The third-order valence-electron chi connectivity index (χ3n) is 5.40. The molecule has 0 aromatic heterocycles. The van der Waals surface area contributed by atoms with Crippen LogP contribution in [-0.2, 0) is 9.47 Å². The molecule has 2 rings (SSSR count). The lowest BCUT2D eigenvalue weighted by Crippen LogP contribution is -2.45. The normalized spacial score (nSPS) is 19.9. The number of ether oxygens (including phenoxy) is 2. The zero-order valence-electron chi connectivity index (χ0n) is 19.3. The SMILES string of the molecule is CC(C)(C)OC(=O)N1CCC(CNCC2CCN(C(=O)OC(C)(C)C)CC2)CC1. The van der Waals surface area contributed by atoms with Crippen LogP contribution < -0.4 is 5.32 Å². The molecule has 2 aliphatic heterocycles. The summed E-state index contributed by atoms with van der Waals surface area (Å²) in [5.74, 6) is 1.21. The Balaban J connectivity index is 1.59. The number of amides is 2. The van der Waals surface area contributed by atoms with Crippen LogP contribution in [-0.4, -0.2) is 72.5 Å². The van der Waals surface area contributed by atoms with Crippen LogP contribution in [0.1, 0.15) is 67.2 Å². The Labute approximate surface area is 176 Å². The number of carbonyl (C=O) groups excluding carboxylic acids is 2. The molecule has 2 fully saturated rings. The van der Waals surface area contributed by atoms with Gasteiger partial charge in [0.15, 0.2) is 0 Å². The molecule has 0 unspecified atom stereocenters. The van der Waals surface area contributed by atoms with Crippen LogP contribution in [0.15, 0.2) is 0 Å². The number of carbonyl (C=O) groups is 2. The van der Waals surface area contributed by atoms with Crippen molar-refractivity contribution in [3.63, 3.8) is 0 Å². The number of piperidine rings is 2. The van der Waals surface area contributed by atoms with Crippen LogP contribution in [0.3, 0.4) is 0 Å². The van der Waals surface area contributed by atoms with Gasteiger partial charge in [0.25, 0.3) is 0 Å². The van der Waals surface area contributed by atoms with E-state index in [2.05, 4.69) is 5.32 Å². The number of rotatable bonds is 4. The fourth-order valence-electron chi connectivity index (χ4n) is 3.78. The molecule has 0 bridgehead atoms. The number of hydrogen-bond acceptors (Lipinski definition) is 5. The van der Waals surface area contributed by atoms with Crippen molar-refractivity contribution in [3.05, 3.63) is 0 Å². The highest BCUT2D eigenvalue weighted by molar-refractivity contribution is 5.68. The lowest BCUT2D eigenvalue weighted by atomic mass is 9.95. The van der Waals surface area contributed by atoms with E-state index < -0.39 is 11.2 Å². The summed E-state index contributed by atoms with van der Waals surface area (Å²) in [6.07, 6.45) is 3.68. The van der Waals surface area contributed by atoms with Gasteiger partial charge in [-0.3, -0.25) is 0 Å². The molecule has 29 heavy (non-hydrogen) atoms. The summed E-state index contributed by atoms with van der Waals surface area (Å²) in [5.41, 5.74) is -0.872. The highest BCUT2D eigenvalue weighted by atomic mass is 16.6. The lowest BCUT2D eigenvalue weighted by molar-refractivity contribution is 0.0182. The zero-order chi connectivity index (χ0) is 21.7. The molecule has 7 nitrogen and oxygen atoms in total. The average molecular weight is 412 g/mol. The molecule has 0 aromatic rings. The van der Waals surface area contributed by atoms with E-state index in [1.807, 2.05) is 51.3 Å². The largest absolute Gasteiger partial charge is 0.444 e. The Morgan fingerprint density at radius 2 is 1.03 bits per heavy atom. The van der Waals surface area contributed by atoms with Gasteiger partial charge in [0, 0.05) is 26.2 Å². The molecule has 0 saturated carbocycles. The standard InChI is InChI=1S/C22H41N3O4/c1-21(2,3)28-19(26)24-11-7-17(8-12-24)15-23-16-18-9-13-25(14-10-18)20(27)29-22(4,5)6/h17-18,23H,7-16H2,1-6H3. The van der Waals surface area contributed by atoms with Crippen molar-refractivity contribution in [3.8, 4) is 0 Å². The molecule has 2 saturated heterocycles. The van der Waals surface area contributed by atoms with Gasteiger partial charge in [-0.05, 0) is 92.2 Å². The van der Waals surface area contributed by atoms with Crippen molar-refractivity contribution >= 4 is 12.2 Å². The second-order valence-electron chi connectivity index (χ2n) is 10.5. The van der Waals surface area contributed by atoms with Crippen LogP contribution in [0.2, 0.25) is 0 Å². The number of nitrogens with one attached hydrogen (secondary N) is 1. The van der Waals surface area contributed by atoms with Gasteiger partial charge in [-0.2, -0.15) is 0 Å². The monoisotopic (exact) mass is 411 g/mol. The maximum absolute atomic E-state index is 12.1. The molecule has 168 valence electrons. The first kappa shape index (κ1) is 23.8. The van der Waals surface area contributed by atoms with Gasteiger partial charge < -0.3 is 24.6 Å². The minimum atomic E-state index is -0.436. The third-order valence-corrected chi connectivity index (χ3v) is 5.40. The van der Waals surface area contributed by atoms with Crippen molar-refractivity contribution in [2.45, 2.75) is 78.4 Å². The molecule has 0 aliphatic carbocycles. The summed E-state index contributed by atoms with van der Waals surface area (Å²) in [5, 5.41) is 3.62. The van der Waals surface area contributed by atoms with Gasteiger partial charge in [0.1, 0.15) is 11.2 Å². The molecule has 0 spiro atoms. The van der Waals surface area contributed by atoms with Gasteiger partial charge >= 0.3 is 12.2 Å². The summed E-state index contributed by atoms with van der Waals surface area (Å²) in [7, 11) is 0. The Hall–Kier alpha value is -1.50. The highest BCUT2D eigenvalue weighted by Gasteiger charge is 2.28. The molecular weight excluding hydrogens is 370 g/mol. The average Bonchev–Trinajstić information content (AvgIpc) is 2.60. The van der Waals surface area contributed by atoms with Crippen molar-refractivity contribution in [1.82, 2.24) is 15.1 Å². The smallest absolute Gasteiger partial charge is 0.410 e. The van der Waals surface area contributed by atoms with Crippen molar-refractivity contribution in [2.75, 3.05) is 39.3 Å². The van der Waals surface area contributed by atoms with E-state index in [1.54, 1.807) is 0 Å². The molecular formula is C22H41N3O4. The first-order valence-corrected chi connectivity index (χ1v) is 11.1. The first-order valence-electron chi connectivity index (χ1n) is 11.1. The molecule has 0 atom stereocenters. The van der Waals surface area contributed by atoms with Gasteiger partial charge in [-0.1, -0.05) is 0 Å². The summed E-state index contributed by atoms with van der Waals surface area (Å²) >= 11 is 0.